The molecule has 0 fully saturated rings. The number of halogens is 1. The van der Waals surface area contributed by atoms with E-state index >= 15 is 0 Å². The van der Waals surface area contributed by atoms with Crippen molar-refractivity contribution in [1.82, 2.24) is 10.6 Å². The molecule has 2 aliphatic rings. The van der Waals surface area contributed by atoms with Crippen LogP contribution in [0.1, 0.15) is 34.1 Å². The van der Waals surface area contributed by atoms with Gasteiger partial charge in [0.15, 0.2) is 0 Å². The summed E-state index contributed by atoms with van der Waals surface area (Å²) in [6, 6.07) is 0. The second kappa shape index (κ2) is 5.59. The minimum absolute atomic E-state index is 0.181. The van der Waals surface area contributed by atoms with Gasteiger partial charge in [-0.2, -0.15) is 0 Å². The molecular weight excluding hydrogens is 241 g/mol. The second-order valence-corrected chi connectivity index (χ2v) is 5.26. The molecule has 0 atom stereocenters. The maximum absolute atomic E-state index is 13.4. The summed E-state index contributed by atoms with van der Waals surface area (Å²) in [6.07, 6.45) is 2.96. The molecule has 0 aromatic rings. The van der Waals surface area contributed by atoms with Crippen LogP contribution in [0, 0.1) is 5.92 Å². The zero-order chi connectivity index (χ0) is 14.0. The van der Waals surface area contributed by atoms with Crippen molar-refractivity contribution in [3.63, 3.8) is 0 Å². The number of nitrogens with zero attached hydrogens (tertiary/aromatic N) is 1. The third-order valence-electron chi connectivity index (χ3n) is 3.64. The zero-order valence-corrected chi connectivity index (χ0v) is 12.1. The van der Waals surface area contributed by atoms with E-state index < -0.39 is 0 Å². The molecule has 0 radical (unpaired) electrons. The van der Waals surface area contributed by atoms with Crippen molar-refractivity contribution >= 4 is 5.84 Å². The Morgan fingerprint density at radius 1 is 1.37 bits per heavy atom. The molecule has 4 heteroatoms. The van der Waals surface area contributed by atoms with Crippen molar-refractivity contribution in [1.29, 1.82) is 0 Å². The van der Waals surface area contributed by atoms with E-state index in [0.29, 0.717) is 11.6 Å². The summed E-state index contributed by atoms with van der Waals surface area (Å²) in [5, 5.41) is 6.37. The molecule has 0 aromatic carbocycles. The summed E-state index contributed by atoms with van der Waals surface area (Å²) in [5.41, 5.74) is 4.29. The van der Waals surface area contributed by atoms with Crippen LogP contribution in [0.4, 0.5) is 4.39 Å². The first kappa shape index (κ1) is 13.8. The Morgan fingerprint density at radius 2 is 2.11 bits per heavy atom. The lowest BCUT2D eigenvalue weighted by Crippen LogP contribution is -2.34. The number of hydrogen-bond donors (Lipinski definition) is 2. The Labute approximate surface area is 114 Å². The van der Waals surface area contributed by atoms with Crippen LogP contribution in [0.25, 0.3) is 0 Å². The van der Waals surface area contributed by atoms with Crippen molar-refractivity contribution in [2.75, 3.05) is 13.1 Å². The summed E-state index contributed by atoms with van der Waals surface area (Å²) in [6.45, 7) is 9.40. The van der Waals surface area contributed by atoms with Crippen LogP contribution in [-0.4, -0.2) is 18.9 Å². The molecule has 19 heavy (non-hydrogen) atoms. The Morgan fingerprint density at radius 3 is 2.68 bits per heavy atom. The maximum Gasteiger partial charge on any atom is 0.140 e. The van der Waals surface area contributed by atoms with Gasteiger partial charge in [0, 0.05) is 18.3 Å². The van der Waals surface area contributed by atoms with Crippen molar-refractivity contribution in [3.05, 3.63) is 34.4 Å². The maximum atomic E-state index is 13.4. The first-order valence-corrected chi connectivity index (χ1v) is 6.88. The van der Waals surface area contributed by atoms with Crippen LogP contribution in [-0.2, 0) is 0 Å². The van der Waals surface area contributed by atoms with Crippen LogP contribution in [0.2, 0.25) is 0 Å². The van der Waals surface area contributed by atoms with E-state index in [1.165, 1.54) is 11.1 Å². The smallest absolute Gasteiger partial charge is 0.140 e. The van der Waals surface area contributed by atoms with Gasteiger partial charge in [-0.25, -0.2) is 9.38 Å². The molecule has 3 nitrogen and oxygen atoms in total. The Balaban J connectivity index is 2.40. The summed E-state index contributed by atoms with van der Waals surface area (Å²) in [4.78, 5) is 4.35. The molecule has 0 saturated carbocycles. The fraction of sp³-hybridized carbons (Fsp3) is 0.533. The summed E-state index contributed by atoms with van der Waals surface area (Å²) in [7, 11) is 0. The van der Waals surface area contributed by atoms with Gasteiger partial charge in [-0.15, -0.1) is 0 Å². The normalized spacial score (nSPS) is 20.1. The van der Waals surface area contributed by atoms with Gasteiger partial charge in [0.25, 0.3) is 0 Å². The molecular formula is C15H22FN3. The van der Waals surface area contributed by atoms with E-state index in [1.54, 1.807) is 6.92 Å². The van der Waals surface area contributed by atoms with E-state index in [0.717, 1.165) is 24.4 Å². The number of dihydropyridines is 1. The Hall–Kier alpha value is -1.58. The highest BCUT2D eigenvalue weighted by Crippen LogP contribution is 2.28. The summed E-state index contributed by atoms with van der Waals surface area (Å²) >= 11 is 0. The minimum atomic E-state index is -0.181. The molecule has 2 aliphatic heterocycles. The van der Waals surface area contributed by atoms with Gasteiger partial charge in [-0.3, -0.25) is 0 Å². The first-order chi connectivity index (χ1) is 9.04. The fourth-order valence-electron chi connectivity index (χ4n) is 2.52. The van der Waals surface area contributed by atoms with Gasteiger partial charge in [-0.05, 0) is 30.4 Å². The molecule has 0 aromatic heterocycles. The zero-order valence-electron chi connectivity index (χ0n) is 12.1. The monoisotopic (exact) mass is 263 g/mol. The molecule has 0 aliphatic carbocycles. The highest BCUT2D eigenvalue weighted by Gasteiger charge is 2.22. The predicted octanol–water partition coefficient (Wildman–Crippen LogP) is 3.04. The van der Waals surface area contributed by atoms with Gasteiger partial charge in [0.2, 0.25) is 0 Å². The van der Waals surface area contributed by atoms with E-state index in [4.69, 9.17) is 0 Å². The van der Waals surface area contributed by atoms with Crippen LogP contribution >= 0.6 is 0 Å². The minimum Gasteiger partial charge on any atom is -0.387 e. The van der Waals surface area contributed by atoms with Crippen molar-refractivity contribution < 1.29 is 4.39 Å². The van der Waals surface area contributed by atoms with Crippen LogP contribution in [0.15, 0.2) is 39.4 Å². The molecule has 0 spiro atoms. The number of rotatable bonds is 3. The average molecular weight is 263 g/mol. The van der Waals surface area contributed by atoms with Crippen LogP contribution in [0.3, 0.4) is 0 Å². The fourth-order valence-corrected chi connectivity index (χ4v) is 2.52. The molecule has 0 amide bonds. The van der Waals surface area contributed by atoms with Crippen molar-refractivity contribution in [2.45, 2.75) is 34.1 Å². The largest absolute Gasteiger partial charge is 0.387 e. The second-order valence-electron chi connectivity index (χ2n) is 5.26. The van der Waals surface area contributed by atoms with E-state index in [2.05, 4.69) is 36.4 Å². The number of hydrogen-bond acceptors (Lipinski definition) is 3. The lowest BCUT2D eigenvalue weighted by atomic mass is 9.88. The standard InChI is InChI=1S/C15H22FN3/c1-5-11-12(9(2)3)6-17-7-13(11)15-18-8-14(16)10(4)19-15/h7,9,17H,5-6,8H2,1-4H3,(H,18,19). The SMILES string of the molecule is CCC1=C(C(C)C)CNC=C1C1=NC(C)=C(F)CN1. The number of nitrogens with one attached hydrogen (secondary N) is 2. The summed E-state index contributed by atoms with van der Waals surface area (Å²) in [5.74, 6) is 1.10. The molecule has 104 valence electrons. The third-order valence-corrected chi connectivity index (χ3v) is 3.64. The molecule has 0 unspecified atom stereocenters. The highest BCUT2D eigenvalue weighted by atomic mass is 19.1. The Bertz CT molecular complexity index is 496. The molecule has 2 rings (SSSR count). The molecule has 2 N–H and O–H groups in total. The van der Waals surface area contributed by atoms with Gasteiger partial charge in [-0.1, -0.05) is 20.8 Å². The lowest BCUT2D eigenvalue weighted by Gasteiger charge is -2.27. The first-order valence-electron chi connectivity index (χ1n) is 6.88. The van der Waals surface area contributed by atoms with Gasteiger partial charge in [0.05, 0.1) is 12.2 Å². The molecule has 0 bridgehead atoms. The van der Waals surface area contributed by atoms with Gasteiger partial charge < -0.3 is 10.6 Å². The summed E-state index contributed by atoms with van der Waals surface area (Å²) < 4.78 is 13.4. The predicted molar refractivity (Wildman–Crippen MR) is 77.5 cm³/mol. The highest BCUT2D eigenvalue weighted by molar-refractivity contribution is 6.03. The van der Waals surface area contributed by atoms with Crippen molar-refractivity contribution in [2.24, 2.45) is 10.9 Å². The number of aliphatic imine (C=N–C) groups is 1. The molecule has 0 saturated heterocycles. The van der Waals surface area contributed by atoms with E-state index in [9.17, 15) is 4.39 Å². The quantitative estimate of drug-likeness (QED) is 0.821. The lowest BCUT2D eigenvalue weighted by molar-refractivity contribution is 0.583. The van der Waals surface area contributed by atoms with Gasteiger partial charge in [0.1, 0.15) is 11.7 Å². The average Bonchev–Trinajstić information content (AvgIpc) is 2.40. The third kappa shape index (κ3) is 2.72. The number of allylic oxidation sites excluding steroid dienone is 1. The van der Waals surface area contributed by atoms with Crippen LogP contribution in [0.5, 0.6) is 0 Å². The van der Waals surface area contributed by atoms with E-state index in [-0.39, 0.29) is 12.4 Å². The van der Waals surface area contributed by atoms with Gasteiger partial charge >= 0.3 is 0 Å². The topological polar surface area (TPSA) is 36.4 Å². The van der Waals surface area contributed by atoms with Crippen molar-refractivity contribution in [3.8, 4) is 0 Å². The number of amidine groups is 1. The van der Waals surface area contributed by atoms with Crippen LogP contribution < -0.4 is 10.6 Å². The molecule has 2 heterocycles. The Kier molecular flexibility index (Phi) is 4.08. The van der Waals surface area contributed by atoms with E-state index in [1.807, 2.05) is 6.20 Å².